The van der Waals surface area contributed by atoms with E-state index in [2.05, 4.69) is 11.4 Å². The van der Waals surface area contributed by atoms with Crippen LogP contribution in [-0.4, -0.2) is 31.1 Å². The van der Waals surface area contributed by atoms with E-state index in [1.807, 2.05) is 0 Å². The molecule has 1 amide bonds. The third-order valence-electron chi connectivity index (χ3n) is 3.75. The maximum atomic E-state index is 13.5. The largest absolute Gasteiger partial charge is 0.494 e. The van der Waals surface area contributed by atoms with Crippen molar-refractivity contribution in [1.82, 2.24) is 5.32 Å². The number of halogens is 1. The number of carbonyl (C=O) groups excluding carboxylic acids is 2. The van der Waals surface area contributed by atoms with Gasteiger partial charge in [0.25, 0.3) is 5.91 Å². The maximum Gasteiger partial charge on any atom is 0.338 e. The fraction of sp³-hybridized carbons (Fsp3) is 0.438. The highest BCUT2D eigenvalue weighted by atomic mass is 19.1. The van der Waals surface area contributed by atoms with E-state index in [0.717, 1.165) is 18.9 Å². The number of nitriles is 1. The third-order valence-corrected chi connectivity index (χ3v) is 3.75. The number of nitrogens with zero attached hydrogens (tertiary/aromatic N) is 1. The van der Waals surface area contributed by atoms with Gasteiger partial charge in [-0.1, -0.05) is 0 Å². The molecule has 0 aliphatic heterocycles. The summed E-state index contributed by atoms with van der Waals surface area (Å²) in [4.78, 5) is 23.6. The van der Waals surface area contributed by atoms with E-state index in [1.165, 1.54) is 19.2 Å². The van der Waals surface area contributed by atoms with Crippen LogP contribution in [0.4, 0.5) is 4.39 Å². The molecule has 1 N–H and O–H groups in total. The Morgan fingerprint density at radius 1 is 1.48 bits per heavy atom. The molecule has 0 aromatic heterocycles. The Kier molecular flexibility index (Phi) is 4.84. The van der Waals surface area contributed by atoms with Gasteiger partial charge in [-0.3, -0.25) is 4.79 Å². The first kappa shape index (κ1) is 16.7. The van der Waals surface area contributed by atoms with Crippen LogP contribution >= 0.6 is 0 Å². The van der Waals surface area contributed by atoms with Crippen LogP contribution in [-0.2, 0) is 9.53 Å². The summed E-state index contributed by atoms with van der Waals surface area (Å²) in [7, 11) is 1.31. The van der Waals surface area contributed by atoms with Gasteiger partial charge >= 0.3 is 5.97 Å². The van der Waals surface area contributed by atoms with Crippen molar-refractivity contribution in [2.75, 3.05) is 13.7 Å². The van der Waals surface area contributed by atoms with Gasteiger partial charge in [0.2, 0.25) is 0 Å². The van der Waals surface area contributed by atoms with Crippen LogP contribution in [0.1, 0.15) is 30.1 Å². The number of nitrogens with one attached hydrogen (secondary N) is 1. The molecule has 1 aliphatic rings. The lowest BCUT2D eigenvalue weighted by Gasteiger charge is -2.22. The second-order valence-electron chi connectivity index (χ2n) is 5.56. The quantitative estimate of drug-likeness (QED) is 0.807. The van der Waals surface area contributed by atoms with Crippen molar-refractivity contribution in [3.8, 4) is 11.8 Å². The molecular formula is C16H17FN2O4. The van der Waals surface area contributed by atoms with E-state index in [-0.39, 0.29) is 17.2 Å². The highest BCUT2D eigenvalue weighted by molar-refractivity contribution is 5.91. The Labute approximate surface area is 133 Å². The van der Waals surface area contributed by atoms with Crippen molar-refractivity contribution < 1.29 is 23.5 Å². The van der Waals surface area contributed by atoms with Crippen molar-refractivity contribution in [3.05, 3.63) is 29.6 Å². The first-order chi connectivity index (χ1) is 10.9. The standard InChI is InChI=1S/C16H17FN2O4/c1-16(9-18,11-4-5-11)19-14(20)8-23-15(21)10-3-6-13(22-2)12(17)7-10/h3,6-7,11H,4-5,8H2,1-2H3,(H,19,20)/t16-/m1/s1. The van der Waals surface area contributed by atoms with E-state index in [9.17, 15) is 14.0 Å². The average Bonchev–Trinajstić information content (AvgIpc) is 3.37. The van der Waals surface area contributed by atoms with Crippen LogP contribution in [0.25, 0.3) is 0 Å². The molecule has 1 aromatic rings. The number of esters is 1. The van der Waals surface area contributed by atoms with Crippen molar-refractivity contribution >= 4 is 11.9 Å². The van der Waals surface area contributed by atoms with Crippen LogP contribution in [0.15, 0.2) is 18.2 Å². The minimum Gasteiger partial charge on any atom is -0.494 e. The molecule has 7 heteroatoms. The molecule has 1 atom stereocenters. The Hall–Kier alpha value is -2.62. The third kappa shape index (κ3) is 3.97. The van der Waals surface area contributed by atoms with Gasteiger partial charge in [0.05, 0.1) is 18.7 Å². The minimum atomic E-state index is -0.949. The van der Waals surface area contributed by atoms with E-state index < -0.39 is 29.8 Å². The molecule has 23 heavy (non-hydrogen) atoms. The second-order valence-corrected chi connectivity index (χ2v) is 5.56. The molecule has 1 saturated carbocycles. The number of ether oxygens (including phenoxy) is 2. The van der Waals surface area contributed by atoms with Gasteiger partial charge in [0, 0.05) is 0 Å². The number of hydrogen-bond donors (Lipinski definition) is 1. The van der Waals surface area contributed by atoms with E-state index >= 15 is 0 Å². The first-order valence-electron chi connectivity index (χ1n) is 7.12. The second kappa shape index (κ2) is 6.65. The summed E-state index contributed by atoms with van der Waals surface area (Å²) in [5.74, 6) is -1.95. The lowest BCUT2D eigenvalue weighted by atomic mass is 9.98. The summed E-state index contributed by atoms with van der Waals surface area (Å²) >= 11 is 0. The Morgan fingerprint density at radius 2 is 2.17 bits per heavy atom. The number of methoxy groups -OCH3 is 1. The molecule has 0 radical (unpaired) electrons. The van der Waals surface area contributed by atoms with Gasteiger partial charge in [-0.25, -0.2) is 9.18 Å². The van der Waals surface area contributed by atoms with Crippen molar-refractivity contribution in [3.63, 3.8) is 0 Å². The topological polar surface area (TPSA) is 88.4 Å². The molecule has 0 unspecified atom stereocenters. The van der Waals surface area contributed by atoms with Crippen molar-refractivity contribution in [1.29, 1.82) is 5.26 Å². The number of benzene rings is 1. The smallest absolute Gasteiger partial charge is 0.338 e. The van der Waals surface area contributed by atoms with Gasteiger partial charge in [-0.2, -0.15) is 5.26 Å². The SMILES string of the molecule is COc1ccc(C(=O)OCC(=O)N[C@](C)(C#N)C2CC2)cc1F. The molecule has 0 bridgehead atoms. The number of carbonyl (C=O) groups is 2. The van der Waals surface area contributed by atoms with E-state index in [1.54, 1.807) is 6.92 Å². The molecule has 1 aliphatic carbocycles. The van der Waals surface area contributed by atoms with Gasteiger partial charge in [0.15, 0.2) is 18.2 Å². The number of amides is 1. The van der Waals surface area contributed by atoms with E-state index in [0.29, 0.717) is 0 Å². The fourth-order valence-corrected chi connectivity index (χ4v) is 2.22. The summed E-state index contributed by atoms with van der Waals surface area (Å²) in [5, 5.41) is 11.7. The summed E-state index contributed by atoms with van der Waals surface area (Å²) in [5.41, 5.74) is -0.975. The molecule has 0 heterocycles. The van der Waals surface area contributed by atoms with Crippen LogP contribution in [0.2, 0.25) is 0 Å². The summed E-state index contributed by atoms with van der Waals surface area (Å²) in [6, 6.07) is 5.69. The maximum absolute atomic E-state index is 13.5. The monoisotopic (exact) mass is 320 g/mol. The molecule has 1 fully saturated rings. The van der Waals surface area contributed by atoms with Crippen LogP contribution < -0.4 is 10.1 Å². The lowest BCUT2D eigenvalue weighted by Crippen LogP contribution is -2.48. The zero-order valence-corrected chi connectivity index (χ0v) is 12.9. The minimum absolute atomic E-state index is 0.00788. The van der Waals surface area contributed by atoms with Gasteiger partial charge in [-0.05, 0) is 43.9 Å². The van der Waals surface area contributed by atoms with Gasteiger partial charge in [-0.15, -0.1) is 0 Å². The first-order valence-corrected chi connectivity index (χ1v) is 7.12. The van der Waals surface area contributed by atoms with E-state index in [4.69, 9.17) is 14.7 Å². The molecule has 0 spiro atoms. The van der Waals surface area contributed by atoms with Gasteiger partial charge in [0.1, 0.15) is 5.54 Å². The van der Waals surface area contributed by atoms with Crippen molar-refractivity contribution in [2.45, 2.75) is 25.3 Å². The van der Waals surface area contributed by atoms with Crippen LogP contribution in [0.5, 0.6) is 5.75 Å². The van der Waals surface area contributed by atoms with Crippen molar-refractivity contribution in [2.24, 2.45) is 5.92 Å². The fourth-order valence-electron chi connectivity index (χ4n) is 2.22. The summed E-state index contributed by atoms with van der Waals surface area (Å²) in [6.45, 7) is 1.11. The van der Waals surface area contributed by atoms with Crippen LogP contribution in [0, 0.1) is 23.1 Å². The Balaban J connectivity index is 1.90. The highest BCUT2D eigenvalue weighted by Crippen LogP contribution is 2.39. The molecule has 122 valence electrons. The number of rotatable bonds is 6. The zero-order valence-electron chi connectivity index (χ0n) is 12.9. The molecular weight excluding hydrogens is 303 g/mol. The summed E-state index contributed by atoms with van der Waals surface area (Å²) < 4.78 is 23.1. The Bertz CT molecular complexity index is 667. The zero-order chi connectivity index (χ0) is 17.0. The number of hydrogen-bond acceptors (Lipinski definition) is 5. The highest BCUT2D eigenvalue weighted by Gasteiger charge is 2.43. The molecule has 2 rings (SSSR count). The van der Waals surface area contributed by atoms with Crippen LogP contribution in [0.3, 0.4) is 0 Å². The Morgan fingerprint density at radius 3 is 2.70 bits per heavy atom. The average molecular weight is 320 g/mol. The predicted molar refractivity (Wildman–Crippen MR) is 78.1 cm³/mol. The molecule has 0 saturated heterocycles. The molecule has 6 nitrogen and oxygen atoms in total. The summed E-state index contributed by atoms with van der Waals surface area (Å²) in [6.07, 6.45) is 1.77. The lowest BCUT2D eigenvalue weighted by molar-refractivity contribution is -0.125. The van der Waals surface area contributed by atoms with Gasteiger partial charge < -0.3 is 14.8 Å². The predicted octanol–water partition coefficient (Wildman–Crippen LogP) is 1.80. The normalized spacial score (nSPS) is 15.9. The molecule has 1 aromatic carbocycles.